The van der Waals surface area contributed by atoms with E-state index in [0.717, 1.165) is 5.52 Å². The van der Waals surface area contributed by atoms with Crippen molar-refractivity contribution in [1.29, 1.82) is 0 Å². The Morgan fingerprint density at radius 1 is 1.07 bits per heavy atom. The first-order chi connectivity index (χ1) is 13.4. The Hall–Kier alpha value is -3.68. The summed E-state index contributed by atoms with van der Waals surface area (Å²) in [6, 6.07) is 13.3. The van der Waals surface area contributed by atoms with Crippen LogP contribution in [0, 0.1) is 0 Å². The van der Waals surface area contributed by atoms with Crippen LogP contribution in [-0.2, 0) is 4.79 Å². The van der Waals surface area contributed by atoms with Gasteiger partial charge in [-0.2, -0.15) is 0 Å². The number of hydrogen-bond donors (Lipinski definition) is 3. The third-order valence-corrected chi connectivity index (χ3v) is 4.19. The van der Waals surface area contributed by atoms with Gasteiger partial charge in [-0.25, -0.2) is 0 Å². The number of amides is 2. The number of benzene rings is 2. The average Bonchev–Trinajstić information content (AvgIpc) is 2.96. The van der Waals surface area contributed by atoms with Crippen LogP contribution in [0.3, 0.4) is 0 Å². The van der Waals surface area contributed by atoms with Crippen LogP contribution in [-0.4, -0.2) is 33.1 Å². The zero-order valence-electron chi connectivity index (χ0n) is 15.5. The molecule has 3 aromatic rings. The number of azo groups is 1. The predicted molar refractivity (Wildman–Crippen MR) is 104 cm³/mol. The second-order valence-corrected chi connectivity index (χ2v) is 6.45. The van der Waals surface area contributed by atoms with E-state index in [-0.39, 0.29) is 35.5 Å². The summed E-state index contributed by atoms with van der Waals surface area (Å²) in [4.78, 5) is 24.0. The van der Waals surface area contributed by atoms with Crippen molar-refractivity contribution in [2.24, 2.45) is 10.2 Å². The van der Waals surface area contributed by atoms with Crippen LogP contribution in [0.1, 0.15) is 30.2 Å². The normalized spacial score (nSPS) is 11.4. The van der Waals surface area contributed by atoms with E-state index in [1.165, 1.54) is 12.1 Å². The molecule has 0 aliphatic carbocycles. The molecule has 28 heavy (non-hydrogen) atoms. The fourth-order valence-corrected chi connectivity index (χ4v) is 2.91. The molecule has 3 rings (SSSR count). The van der Waals surface area contributed by atoms with E-state index in [2.05, 4.69) is 15.5 Å². The van der Waals surface area contributed by atoms with E-state index in [1.807, 2.05) is 26.0 Å². The van der Waals surface area contributed by atoms with Gasteiger partial charge >= 0.3 is 0 Å². The summed E-state index contributed by atoms with van der Waals surface area (Å²) in [6.45, 7) is 3.46. The minimum atomic E-state index is -0.690. The van der Waals surface area contributed by atoms with Gasteiger partial charge in [-0.3, -0.25) is 9.59 Å². The lowest BCUT2D eigenvalue weighted by molar-refractivity contribution is -0.117. The zero-order valence-corrected chi connectivity index (χ0v) is 15.5. The fourth-order valence-electron chi connectivity index (χ4n) is 2.91. The van der Waals surface area contributed by atoms with Gasteiger partial charge in [0.1, 0.15) is 12.3 Å². The van der Waals surface area contributed by atoms with Gasteiger partial charge in [0.15, 0.2) is 5.69 Å². The van der Waals surface area contributed by atoms with E-state index in [0.29, 0.717) is 5.39 Å². The van der Waals surface area contributed by atoms with Crippen molar-refractivity contribution >= 4 is 28.4 Å². The van der Waals surface area contributed by atoms with E-state index in [4.69, 9.17) is 0 Å². The SMILES string of the molecule is CC(C)n1c(O)c(N=NC(=O)CNC(=O)c2ccccc2O)c2ccccc21. The van der Waals surface area contributed by atoms with Crippen LogP contribution in [0.4, 0.5) is 5.69 Å². The highest BCUT2D eigenvalue weighted by Gasteiger charge is 2.18. The smallest absolute Gasteiger partial charge is 0.283 e. The molecule has 8 heteroatoms. The summed E-state index contributed by atoms with van der Waals surface area (Å²) in [5.41, 5.74) is 1.04. The molecule has 0 fully saturated rings. The summed E-state index contributed by atoms with van der Waals surface area (Å²) < 4.78 is 1.70. The minimum Gasteiger partial charge on any atom is -0.507 e. The third-order valence-electron chi connectivity index (χ3n) is 4.19. The van der Waals surface area contributed by atoms with Gasteiger partial charge in [-0.15, -0.1) is 10.2 Å². The van der Waals surface area contributed by atoms with Crippen LogP contribution >= 0.6 is 0 Å². The molecule has 0 aliphatic rings. The summed E-state index contributed by atoms with van der Waals surface area (Å²) in [5, 5.41) is 30.7. The van der Waals surface area contributed by atoms with Crippen molar-refractivity contribution in [2.45, 2.75) is 19.9 Å². The number of rotatable bonds is 5. The van der Waals surface area contributed by atoms with Gasteiger partial charge in [0.25, 0.3) is 11.8 Å². The molecular formula is C20H20N4O4. The number of phenolic OH excluding ortho intramolecular Hbond substituents is 1. The van der Waals surface area contributed by atoms with Crippen LogP contribution < -0.4 is 5.32 Å². The third kappa shape index (κ3) is 3.71. The molecule has 0 aliphatic heterocycles. The topological polar surface area (TPSA) is 116 Å². The molecule has 0 atom stereocenters. The Bertz CT molecular complexity index is 1070. The standard InChI is InChI=1S/C20H20N4O4/c1-12(2)24-15-9-5-3-7-13(15)18(20(24)28)23-22-17(26)11-21-19(27)14-8-4-6-10-16(14)25/h3-10,12,25,28H,11H2,1-2H3,(H,21,27). The van der Waals surface area contributed by atoms with Crippen LogP contribution in [0.2, 0.25) is 0 Å². The predicted octanol–water partition coefficient (Wildman–Crippen LogP) is 3.67. The lowest BCUT2D eigenvalue weighted by atomic mass is 10.2. The molecule has 3 N–H and O–H groups in total. The van der Waals surface area contributed by atoms with Crippen molar-refractivity contribution in [3.63, 3.8) is 0 Å². The average molecular weight is 380 g/mol. The Labute approximate surface area is 161 Å². The number of aromatic hydroxyl groups is 2. The van der Waals surface area contributed by atoms with E-state index in [9.17, 15) is 19.8 Å². The van der Waals surface area contributed by atoms with Crippen LogP contribution in [0.5, 0.6) is 11.6 Å². The number of carbonyl (C=O) groups is 2. The number of hydrogen-bond acceptors (Lipinski definition) is 5. The number of nitrogens with zero attached hydrogens (tertiary/aromatic N) is 3. The fraction of sp³-hybridized carbons (Fsp3) is 0.200. The number of nitrogens with one attached hydrogen (secondary N) is 1. The molecule has 1 heterocycles. The number of phenols is 1. The second-order valence-electron chi connectivity index (χ2n) is 6.45. The van der Waals surface area contributed by atoms with Gasteiger partial charge in [-0.05, 0) is 32.0 Å². The van der Waals surface area contributed by atoms with E-state index < -0.39 is 11.8 Å². The van der Waals surface area contributed by atoms with Crippen molar-refractivity contribution in [1.82, 2.24) is 9.88 Å². The van der Waals surface area contributed by atoms with Crippen LogP contribution in [0.25, 0.3) is 10.9 Å². The highest BCUT2D eigenvalue weighted by molar-refractivity contribution is 5.99. The van der Waals surface area contributed by atoms with Crippen molar-refractivity contribution in [2.75, 3.05) is 6.54 Å². The summed E-state index contributed by atoms with van der Waals surface area (Å²) >= 11 is 0. The lowest BCUT2D eigenvalue weighted by Crippen LogP contribution is -2.28. The molecule has 0 spiro atoms. The molecule has 0 radical (unpaired) electrons. The van der Waals surface area contributed by atoms with Crippen LogP contribution in [0.15, 0.2) is 58.8 Å². The maximum atomic E-state index is 12.0. The van der Waals surface area contributed by atoms with E-state index >= 15 is 0 Å². The number of aromatic nitrogens is 1. The van der Waals surface area contributed by atoms with Crippen molar-refractivity contribution in [3.05, 3.63) is 54.1 Å². The minimum absolute atomic E-state index is 0.0117. The van der Waals surface area contributed by atoms with Crippen molar-refractivity contribution < 1.29 is 19.8 Å². The highest BCUT2D eigenvalue weighted by atomic mass is 16.3. The Morgan fingerprint density at radius 2 is 1.75 bits per heavy atom. The second kappa shape index (κ2) is 7.91. The summed E-state index contributed by atoms with van der Waals surface area (Å²) in [6.07, 6.45) is 0. The maximum Gasteiger partial charge on any atom is 0.283 e. The Morgan fingerprint density at radius 3 is 2.46 bits per heavy atom. The molecular weight excluding hydrogens is 360 g/mol. The molecule has 0 saturated heterocycles. The van der Waals surface area contributed by atoms with Gasteiger partial charge in [0.05, 0.1) is 11.1 Å². The molecule has 2 amide bonds. The maximum absolute atomic E-state index is 12.0. The molecule has 144 valence electrons. The summed E-state index contributed by atoms with van der Waals surface area (Å²) in [7, 11) is 0. The first kappa shape index (κ1) is 19.1. The molecule has 2 aromatic carbocycles. The van der Waals surface area contributed by atoms with E-state index in [1.54, 1.807) is 28.8 Å². The molecule has 8 nitrogen and oxygen atoms in total. The zero-order chi connectivity index (χ0) is 20.3. The molecule has 1 aromatic heterocycles. The van der Waals surface area contributed by atoms with Crippen molar-refractivity contribution in [3.8, 4) is 11.6 Å². The Balaban J connectivity index is 1.75. The first-order valence-electron chi connectivity index (χ1n) is 8.72. The van der Waals surface area contributed by atoms with Gasteiger partial charge in [-0.1, -0.05) is 30.3 Å². The van der Waals surface area contributed by atoms with Gasteiger partial charge < -0.3 is 20.1 Å². The Kier molecular flexibility index (Phi) is 5.39. The lowest BCUT2D eigenvalue weighted by Gasteiger charge is -2.10. The first-order valence-corrected chi connectivity index (χ1v) is 8.72. The number of fused-ring (bicyclic) bond motifs is 1. The largest absolute Gasteiger partial charge is 0.507 e. The monoisotopic (exact) mass is 380 g/mol. The summed E-state index contributed by atoms with van der Waals surface area (Å²) in [5.74, 6) is -1.54. The van der Waals surface area contributed by atoms with Gasteiger partial charge in [0, 0.05) is 11.4 Å². The quantitative estimate of drug-likeness (QED) is 0.586. The van der Waals surface area contributed by atoms with Gasteiger partial charge in [0.2, 0.25) is 5.88 Å². The molecule has 0 unspecified atom stereocenters. The number of para-hydroxylation sites is 2. The number of carbonyl (C=O) groups excluding carboxylic acids is 2. The highest BCUT2D eigenvalue weighted by Crippen LogP contribution is 2.40. The molecule has 0 saturated carbocycles. The molecule has 0 bridgehead atoms.